The molecule has 0 bridgehead atoms. The number of methoxy groups -OCH3 is 2. The van der Waals surface area contributed by atoms with Crippen molar-refractivity contribution in [3.63, 3.8) is 0 Å². The first-order valence-corrected chi connectivity index (χ1v) is 5.95. The number of aliphatic imine (C=N–C) groups is 1. The third-order valence-corrected chi connectivity index (χ3v) is 3.12. The van der Waals surface area contributed by atoms with E-state index in [0.29, 0.717) is 16.4 Å². The fourth-order valence-corrected chi connectivity index (χ4v) is 2.17. The Hall–Kier alpha value is -1.95. The van der Waals surface area contributed by atoms with Crippen molar-refractivity contribution in [2.45, 2.75) is 0 Å². The maximum atomic E-state index is 11.5. The first-order chi connectivity index (χ1) is 8.62. The minimum atomic E-state index is -0.320. The second-order valence-corrected chi connectivity index (χ2v) is 4.57. The quantitative estimate of drug-likeness (QED) is 0.840. The van der Waals surface area contributed by atoms with E-state index in [1.54, 1.807) is 38.5 Å². The van der Waals surface area contributed by atoms with Gasteiger partial charge in [0, 0.05) is 6.07 Å². The molecule has 0 aliphatic carbocycles. The van der Waals surface area contributed by atoms with Crippen LogP contribution in [0.15, 0.2) is 28.1 Å². The Morgan fingerprint density at radius 2 is 1.83 bits per heavy atom. The molecule has 1 aromatic rings. The number of carbonyl (C=O) groups excluding carboxylic acids is 1. The summed E-state index contributed by atoms with van der Waals surface area (Å²) in [5.41, 5.74) is 6.28. The van der Waals surface area contributed by atoms with E-state index in [0.717, 1.165) is 17.3 Å². The molecular weight excluding hydrogens is 252 g/mol. The van der Waals surface area contributed by atoms with Crippen molar-refractivity contribution >= 4 is 28.9 Å². The predicted molar refractivity (Wildman–Crippen MR) is 71.7 cm³/mol. The average molecular weight is 264 g/mol. The number of nitrogens with two attached hydrogens (primary N) is 1. The Kier molecular flexibility index (Phi) is 3.57. The summed E-state index contributed by atoms with van der Waals surface area (Å²) >= 11 is 1.15. The Balaban J connectivity index is 2.34. The smallest absolute Gasteiger partial charge is 0.286 e. The highest BCUT2D eigenvalue weighted by Crippen LogP contribution is 2.29. The lowest BCUT2D eigenvalue weighted by molar-refractivity contribution is -0.113. The van der Waals surface area contributed by atoms with Crippen LogP contribution in [-0.2, 0) is 4.79 Å². The zero-order chi connectivity index (χ0) is 13.1. The number of hydrogen-bond donors (Lipinski definition) is 1. The molecule has 0 saturated carbocycles. The van der Waals surface area contributed by atoms with Crippen LogP contribution < -0.4 is 15.2 Å². The van der Waals surface area contributed by atoms with Crippen LogP contribution in [0.3, 0.4) is 0 Å². The highest BCUT2D eigenvalue weighted by atomic mass is 32.2. The highest BCUT2D eigenvalue weighted by molar-refractivity contribution is 8.18. The number of carbonyl (C=O) groups is 1. The fraction of sp³-hybridized carbons (Fsp3) is 0.167. The predicted octanol–water partition coefficient (Wildman–Crippen LogP) is 1.63. The minimum Gasteiger partial charge on any atom is -0.497 e. The summed E-state index contributed by atoms with van der Waals surface area (Å²) < 4.78 is 10.3. The number of amidine groups is 1. The zero-order valence-electron chi connectivity index (χ0n) is 9.97. The third-order valence-electron chi connectivity index (χ3n) is 2.31. The van der Waals surface area contributed by atoms with Gasteiger partial charge in [-0.25, -0.2) is 0 Å². The topological polar surface area (TPSA) is 73.9 Å². The van der Waals surface area contributed by atoms with Gasteiger partial charge in [-0.1, -0.05) is 0 Å². The first kappa shape index (κ1) is 12.5. The molecule has 6 heteroatoms. The minimum absolute atomic E-state index is 0.265. The van der Waals surface area contributed by atoms with Gasteiger partial charge in [-0.05, 0) is 35.5 Å². The van der Waals surface area contributed by atoms with Crippen molar-refractivity contribution in [1.82, 2.24) is 0 Å². The van der Waals surface area contributed by atoms with Crippen molar-refractivity contribution < 1.29 is 14.3 Å². The second kappa shape index (κ2) is 5.14. The van der Waals surface area contributed by atoms with Gasteiger partial charge in [0.2, 0.25) is 0 Å². The summed E-state index contributed by atoms with van der Waals surface area (Å²) in [7, 11) is 3.14. The summed E-state index contributed by atoms with van der Waals surface area (Å²) in [6.45, 7) is 0. The van der Waals surface area contributed by atoms with Crippen molar-refractivity contribution in [3.8, 4) is 11.5 Å². The number of hydrogen-bond acceptors (Lipinski definition) is 5. The number of ether oxygens (including phenoxy) is 2. The number of benzene rings is 1. The number of nitrogens with zero attached hydrogens (tertiary/aromatic N) is 1. The lowest BCUT2D eigenvalue weighted by Crippen LogP contribution is -2.01. The molecule has 2 rings (SSSR count). The molecule has 1 aliphatic rings. The second-order valence-electron chi connectivity index (χ2n) is 3.51. The van der Waals surface area contributed by atoms with E-state index in [4.69, 9.17) is 15.2 Å². The Labute approximate surface area is 109 Å². The van der Waals surface area contributed by atoms with Gasteiger partial charge < -0.3 is 15.2 Å². The first-order valence-electron chi connectivity index (χ1n) is 5.13. The molecule has 0 aromatic heterocycles. The van der Waals surface area contributed by atoms with Crippen molar-refractivity contribution in [2.75, 3.05) is 14.2 Å². The summed E-state index contributed by atoms with van der Waals surface area (Å²) in [5, 5.41) is 0.265. The summed E-state index contributed by atoms with van der Waals surface area (Å²) in [6.07, 6.45) is 1.71. The Morgan fingerprint density at radius 3 is 2.28 bits per heavy atom. The third kappa shape index (κ3) is 2.65. The van der Waals surface area contributed by atoms with Crippen LogP contribution in [0.2, 0.25) is 0 Å². The number of rotatable bonds is 3. The van der Waals surface area contributed by atoms with E-state index in [2.05, 4.69) is 4.99 Å². The van der Waals surface area contributed by atoms with E-state index in [-0.39, 0.29) is 11.1 Å². The van der Waals surface area contributed by atoms with Crippen molar-refractivity contribution in [2.24, 2.45) is 10.7 Å². The fourth-order valence-electron chi connectivity index (χ4n) is 1.49. The van der Waals surface area contributed by atoms with Crippen LogP contribution >= 0.6 is 11.8 Å². The van der Waals surface area contributed by atoms with Crippen LogP contribution in [0.1, 0.15) is 5.56 Å². The lowest BCUT2D eigenvalue weighted by Gasteiger charge is -2.06. The highest BCUT2D eigenvalue weighted by Gasteiger charge is 2.19. The van der Waals surface area contributed by atoms with Gasteiger partial charge in [0.15, 0.2) is 5.17 Å². The van der Waals surface area contributed by atoms with Gasteiger partial charge in [0.25, 0.3) is 5.91 Å². The number of amides is 1. The van der Waals surface area contributed by atoms with Gasteiger partial charge >= 0.3 is 0 Å². The molecule has 0 radical (unpaired) electrons. The van der Waals surface area contributed by atoms with Gasteiger partial charge in [0.05, 0.1) is 19.1 Å². The molecule has 18 heavy (non-hydrogen) atoms. The van der Waals surface area contributed by atoms with E-state index >= 15 is 0 Å². The molecule has 1 aromatic carbocycles. The molecular formula is C12H12N2O3S. The van der Waals surface area contributed by atoms with Crippen LogP contribution in [0, 0.1) is 0 Å². The summed E-state index contributed by atoms with van der Waals surface area (Å²) in [5.74, 6) is 0.996. The normalized spacial score (nSPS) is 16.9. The molecule has 1 aliphatic heterocycles. The maximum Gasteiger partial charge on any atom is 0.286 e. The van der Waals surface area contributed by atoms with Gasteiger partial charge in [-0.2, -0.15) is 4.99 Å². The van der Waals surface area contributed by atoms with Crippen LogP contribution in [-0.4, -0.2) is 25.3 Å². The summed E-state index contributed by atoms with van der Waals surface area (Å²) in [4.78, 5) is 15.6. The van der Waals surface area contributed by atoms with E-state index in [1.807, 2.05) is 0 Å². The summed E-state index contributed by atoms with van der Waals surface area (Å²) in [6, 6.07) is 5.37. The zero-order valence-corrected chi connectivity index (χ0v) is 10.8. The molecule has 0 unspecified atom stereocenters. The monoisotopic (exact) mass is 264 g/mol. The standard InChI is InChI=1S/C12H12N2O3S/c1-16-8-3-7(4-9(6-8)17-2)5-10-11(15)14-12(13)18-10/h3-6H,1-2H3,(H2,13,14,15)/b10-5+. The molecule has 0 spiro atoms. The van der Waals surface area contributed by atoms with Crippen molar-refractivity contribution in [3.05, 3.63) is 28.7 Å². The van der Waals surface area contributed by atoms with Crippen molar-refractivity contribution in [1.29, 1.82) is 0 Å². The Bertz CT molecular complexity index is 530. The molecule has 2 N–H and O–H groups in total. The van der Waals surface area contributed by atoms with E-state index in [9.17, 15) is 4.79 Å². The van der Waals surface area contributed by atoms with Gasteiger partial charge in [0.1, 0.15) is 11.5 Å². The molecule has 5 nitrogen and oxygen atoms in total. The molecule has 0 atom stereocenters. The molecule has 0 saturated heterocycles. The van der Waals surface area contributed by atoms with E-state index in [1.165, 1.54) is 0 Å². The van der Waals surface area contributed by atoms with Crippen LogP contribution in [0.5, 0.6) is 11.5 Å². The van der Waals surface area contributed by atoms with E-state index < -0.39 is 0 Å². The molecule has 0 fully saturated rings. The molecule has 94 valence electrons. The largest absolute Gasteiger partial charge is 0.497 e. The SMILES string of the molecule is COc1cc(/C=C2/SC(N)=NC2=O)cc(OC)c1. The van der Waals surface area contributed by atoms with Crippen LogP contribution in [0.25, 0.3) is 6.08 Å². The maximum absolute atomic E-state index is 11.5. The lowest BCUT2D eigenvalue weighted by atomic mass is 10.2. The Morgan fingerprint density at radius 1 is 1.22 bits per heavy atom. The van der Waals surface area contributed by atoms with Crippen LogP contribution in [0.4, 0.5) is 0 Å². The van der Waals surface area contributed by atoms with Gasteiger partial charge in [-0.3, -0.25) is 4.79 Å². The molecule has 1 heterocycles. The molecule has 1 amide bonds. The average Bonchev–Trinajstić information content (AvgIpc) is 2.67. The van der Waals surface area contributed by atoms with Gasteiger partial charge in [-0.15, -0.1) is 0 Å². The number of thioether (sulfide) groups is 1.